The molecule has 0 N–H and O–H groups in total. The number of pyridine rings is 1. The second-order valence-electron chi connectivity index (χ2n) is 9.65. The highest BCUT2D eigenvalue weighted by molar-refractivity contribution is 5.69. The van der Waals surface area contributed by atoms with Crippen LogP contribution in [0.4, 0.5) is 9.18 Å². The minimum absolute atomic E-state index is 0.0425. The molecule has 36 heavy (non-hydrogen) atoms. The van der Waals surface area contributed by atoms with E-state index in [4.69, 9.17) is 4.74 Å². The summed E-state index contributed by atoms with van der Waals surface area (Å²) in [6.45, 7) is 6.32. The Kier molecular flexibility index (Phi) is 8.65. The summed E-state index contributed by atoms with van der Waals surface area (Å²) in [7, 11) is 1.73. The van der Waals surface area contributed by atoms with E-state index in [9.17, 15) is 19.2 Å². The van der Waals surface area contributed by atoms with Crippen molar-refractivity contribution >= 4 is 6.09 Å². The molecule has 1 aromatic heterocycles. The van der Waals surface area contributed by atoms with E-state index < -0.39 is 5.41 Å². The van der Waals surface area contributed by atoms with Crippen LogP contribution in [0.25, 0.3) is 11.1 Å². The van der Waals surface area contributed by atoms with Crippen LogP contribution in [-0.4, -0.2) is 28.2 Å². The molecule has 6 nitrogen and oxygen atoms in total. The summed E-state index contributed by atoms with van der Waals surface area (Å²) in [4.78, 5) is 25.8. The van der Waals surface area contributed by atoms with Crippen molar-refractivity contribution in [3.05, 3.63) is 94.7 Å². The number of carbonyl (C=O) groups excluding carboxylic acids is 1. The SMILES string of the molecule is CC(c1ccc(-c2ccc(=O)n(C)c2)cc1)N1CCC(CC(C)(C)C#N)OC1=O.Fc1ccccc1. The van der Waals surface area contributed by atoms with Gasteiger partial charge in [0.25, 0.3) is 0 Å². The third-order valence-corrected chi connectivity index (χ3v) is 6.25. The molecule has 2 unspecified atom stereocenters. The topological polar surface area (TPSA) is 75.3 Å². The Morgan fingerprint density at radius 3 is 2.22 bits per heavy atom. The van der Waals surface area contributed by atoms with Gasteiger partial charge in [-0.3, -0.25) is 4.79 Å². The highest BCUT2D eigenvalue weighted by atomic mass is 19.1. The van der Waals surface area contributed by atoms with Crippen molar-refractivity contribution in [1.29, 1.82) is 5.26 Å². The van der Waals surface area contributed by atoms with Crippen molar-refractivity contribution in [3.8, 4) is 17.2 Å². The standard InChI is InChI=1S/C23H27N3O3.C6H5F/c1-16(26-12-11-20(29-22(26)28)13-23(2,3)15-24)17-5-7-18(8-6-17)19-9-10-21(27)25(4)14-19;7-6-4-2-1-3-5-6/h5-10,14,16,20H,11-13H2,1-4H3;1-5H. The highest BCUT2D eigenvalue weighted by Gasteiger charge is 2.34. The molecular formula is C29H32FN3O3. The first-order chi connectivity index (χ1) is 17.1. The van der Waals surface area contributed by atoms with Gasteiger partial charge in [-0.05, 0) is 55.7 Å². The first-order valence-electron chi connectivity index (χ1n) is 12.0. The van der Waals surface area contributed by atoms with Crippen molar-refractivity contribution in [2.75, 3.05) is 6.54 Å². The predicted octanol–water partition coefficient (Wildman–Crippen LogP) is 6.09. The number of hydrogen-bond acceptors (Lipinski definition) is 4. The minimum atomic E-state index is -0.504. The average molecular weight is 490 g/mol. The maximum absolute atomic E-state index is 12.5. The fourth-order valence-corrected chi connectivity index (χ4v) is 4.07. The number of benzene rings is 2. The van der Waals surface area contributed by atoms with E-state index in [1.54, 1.807) is 40.8 Å². The van der Waals surface area contributed by atoms with Gasteiger partial charge in [0.1, 0.15) is 11.9 Å². The van der Waals surface area contributed by atoms with Crippen LogP contribution in [0.1, 0.15) is 45.2 Å². The molecule has 0 bridgehead atoms. The van der Waals surface area contributed by atoms with Gasteiger partial charge >= 0.3 is 6.09 Å². The van der Waals surface area contributed by atoms with Gasteiger partial charge in [-0.15, -0.1) is 0 Å². The van der Waals surface area contributed by atoms with Gasteiger partial charge in [0.15, 0.2) is 0 Å². The summed E-state index contributed by atoms with van der Waals surface area (Å²) in [5.74, 6) is -0.178. The maximum atomic E-state index is 12.5. The molecule has 0 radical (unpaired) electrons. The number of halogens is 1. The monoisotopic (exact) mass is 489 g/mol. The third kappa shape index (κ3) is 7.05. The normalized spacial score (nSPS) is 16.3. The fourth-order valence-electron chi connectivity index (χ4n) is 4.07. The van der Waals surface area contributed by atoms with Gasteiger partial charge in [-0.1, -0.05) is 42.5 Å². The van der Waals surface area contributed by atoms with E-state index in [1.807, 2.05) is 57.3 Å². The predicted molar refractivity (Wildman–Crippen MR) is 138 cm³/mol. The van der Waals surface area contributed by atoms with Crippen LogP contribution >= 0.6 is 0 Å². The van der Waals surface area contributed by atoms with Gasteiger partial charge in [0, 0.05) is 38.7 Å². The summed E-state index contributed by atoms with van der Waals surface area (Å²) in [6, 6.07) is 21.5. The molecule has 1 aliphatic heterocycles. The lowest BCUT2D eigenvalue weighted by Gasteiger charge is -2.37. The molecule has 2 heterocycles. The van der Waals surface area contributed by atoms with E-state index in [2.05, 4.69) is 6.07 Å². The third-order valence-electron chi connectivity index (χ3n) is 6.25. The van der Waals surface area contributed by atoms with Crippen LogP contribution in [0, 0.1) is 22.6 Å². The van der Waals surface area contributed by atoms with Crippen LogP contribution < -0.4 is 5.56 Å². The zero-order chi connectivity index (χ0) is 26.3. The molecule has 1 aliphatic rings. The highest BCUT2D eigenvalue weighted by Crippen LogP contribution is 2.31. The van der Waals surface area contributed by atoms with E-state index in [0.29, 0.717) is 13.0 Å². The number of rotatable bonds is 5. The first-order valence-corrected chi connectivity index (χ1v) is 12.0. The van der Waals surface area contributed by atoms with Gasteiger partial charge in [0.2, 0.25) is 5.56 Å². The van der Waals surface area contributed by atoms with E-state index in [0.717, 1.165) is 23.1 Å². The number of amides is 1. The van der Waals surface area contributed by atoms with Crippen molar-refractivity contribution in [2.24, 2.45) is 12.5 Å². The average Bonchev–Trinajstić information content (AvgIpc) is 2.86. The molecule has 1 amide bonds. The maximum Gasteiger partial charge on any atom is 0.410 e. The Balaban J connectivity index is 0.000000444. The lowest BCUT2D eigenvalue weighted by Crippen LogP contribution is -2.44. The second kappa shape index (κ2) is 11.7. The number of aryl methyl sites for hydroxylation is 1. The zero-order valence-electron chi connectivity index (χ0n) is 21.1. The molecule has 7 heteroatoms. The Bertz CT molecular complexity index is 1260. The Morgan fingerprint density at radius 1 is 1.06 bits per heavy atom. The summed E-state index contributed by atoms with van der Waals surface area (Å²) in [5, 5.41) is 9.20. The molecule has 3 aromatic rings. The quantitative estimate of drug-likeness (QED) is 0.435. The second-order valence-corrected chi connectivity index (χ2v) is 9.65. The fraction of sp³-hybridized carbons (Fsp3) is 0.345. The summed E-state index contributed by atoms with van der Waals surface area (Å²) in [5.41, 5.74) is 2.45. The smallest absolute Gasteiger partial charge is 0.410 e. The lowest BCUT2D eigenvalue weighted by atomic mass is 9.87. The first kappa shape index (κ1) is 26.7. The van der Waals surface area contributed by atoms with Gasteiger partial charge < -0.3 is 14.2 Å². The number of cyclic esters (lactones) is 1. The molecule has 1 saturated heterocycles. The van der Waals surface area contributed by atoms with Crippen LogP contribution in [-0.2, 0) is 11.8 Å². The van der Waals surface area contributed by atoms with E-state index in [-0.39, 0.29) is 29.6 Å². The van der Waals surface area contributed by atoms with Gasteiger partial charge in [-0.2, -0.15) is 5.26 Å². The van der Waals surface area contributed by atoms with Gasteiger partial charge in [-0.25, -0.2) is 9.18 Å². The molecule has 4 rings (SSSR count). The Morgan fingerprint density at radius 2 is 1.69 bits per heavy atom. The van der Waals surface area contributed by atoms with Crippen molar-refractivity contribution in [1.82, 2.24) is 9.47 Å². The summed E-state index contributed by atoms with van der Waals surface area (Å²) >= 11 is 0. The molecule has 188 valence electrons. The van der Waals surface area contributed by atoms with Crippen molar-refractivity contribution in [2.45, 2.75) is 45.8 Å². The number of nitrogens with zero attached hydrogens (tertiary/aromatic N) is 3. The van der Waals surface area contributed by atoms with Crippen LogP contribution in [0.5, 0.6) is 0 Å². The molecule has 2 atom stereocenters. The number of hydrogen-bond donors (Lipinski definition) is 0. The number of carbonyl (C=O) groups is 1. The summed E-state index contributed by atoms with van der Waals surface area (Å²) < 4.78 is 19.1. The summed E-state index contributed by atoms with van der Waals surface area (Å²) in [6.07, 6.45) is 2.53. The van der Waals surface area contributed by atoms with Crippen molar-refractivity contribution < 1.29 is 13.9 Å². The van der Waals surface area contributed by atoms with Gasteiger partial charge in [0.05, 0.1) is 17.5 Å². The molecular weight excluding hydrogens is 457 g/mol. The van der Waals surface area contributed by atoms with Crippen LogP contribution in [0.2, 0.25) is 0 Å². The van der Waals surface area contributed by atoms with Crippen LogP contribution in [0.3, 0.4) is 0 Å². The Hall–Kier alpha value is -3.92. The zero-order valence-corrected chi connectivity index (χ0v) is 21.1. The molecule has 0 spiro atoms. The van der Waals surface area contributed by atoms with Crippen LogP contribution in [0.15, 0.2) is 77.7 Å². The number of ether oxygens (including phenoxy) is 1. The molecule has 2 aromatic carbocycles. The van der Waals surface area contributed by atoms with E-state index >= 15 is 0 Å². The minimum Gasteiger partial charge on any atom is -0.446 e. The molecule has 1 fully saturated rings. The largest absolute Gasteiger partial charge is 0.446 e. The van der Waals surface area contributed by atoms with E-state index in [1.165, 1.54) is 12.1 Å². The number of aromatic nitrogens is 1. The lowest BCUT2D eigenvalue weighted by molar-refractivity contribution is 0.000797. The molecule has 0 aliphatic carbocycles. The molecule has 0 saturated carbocycles. The number of nitriles is 1. The Labute approximate surface area is 211 Å². The van der Waals surface area contributed by atoms with Crippen molar-refractivity contribution in [3.63, 3.8) is 0 Å².